The molecule has 0 atom stereocenters. The quantitative estimate of drug-likeness (QED) is 0.857. The Morgan fingerprint density at radius 2 is 1.95 bits per heavy atom. The Morgan fingerprint density at radius 3 is 2.52 bits per heavy atom. The number of hydrogen-bond acceptors (Lipinski definition) is 3. The fraction of sp³-hybridized carbons (Fsp3) is 0.600. The summed E-state index contributed by atoms with van der Waals surface area (Å²) >= 11 is 3.46. The molecule has 2 N–H and O–H groups in total. The summed E-state index contributed by atoms with van der Waals surface area (Å²) in [5.74, 6) is 0.783. The molecule has 1 aromatic rings. The molecule has 6 heteroatoms. The Labute approximate surface area is 135 Å². The van der Waals surface area contributed by atoms with Crippen LogP contribution in [0.1, 0.15) is 37.7 Å². The number of benzene rings is 1. The number of aryl methyl sites for hydroxylation is 1. The van der Waals surface area contributed by atoms with Gasteiger partial charge in [0.25, 0.3) is 0 Å². The molecule has 0 saturated heterocycles. The van der Waals surface area contributed by atoms with E-state index in [9.17, 15) is 8.42 Å². The van der Waals surface area contributed by atoms with Crippen molar-refractivity contribution in [2.75, 3.05) is 12.4 Å². The molecular weight excluding hydrogens is 354 g/mol. The van der Waals surface area contributed by atoms with Crippen LogP contribution in [-0.4, -0.2) is 20.8 Å². The molecule has 0 bridgehead atoms. The Hall–Kier alpha value is -0.590. The number of halogens is 1. The number of sulfonamides is 1. The molecule has 0 aromatic heterocycles. The SMILES string of the molecule is Cc1cc(OCC2(CS(N)(=O)=O)CCCCC2)ccc1Br. The van der Waals surface area contributed by atoms with Gasteiger partial charge in [0.2, 0.25) is 10.0 Å². The zero-order valence-electron chi connectivity index (χ0n) is 12.3. The summed E-state index contributed by atoms with van der Waals surface area (Å²) in [5, 5.41) is 5.27. The van der Waals surface area contributed by atoms with Crippen molar-refractivity contribution in [1.29, 1.82) is 0 Å². The molecule has 1 saturated carbocycles. The lowest BCUT2D eigenvalue weighted by Crippen LogP contribution is -2.40. The van der Waals surface area contributed by atoms with Gasteiger partial charge in [-0.15, -0.1) is 0 Å². The van der Waals surface area contributed by atoms with Crippen molar-refractivity contribution in [3.05, 3.63) is 28.2 Å². The maximum atomic E-state index is 11.5. The molecule has 0 unspecified atom stereocenters. The first-order chi connectivity index (χ1) is 9.80. The van der Waals surface area contributed by atoms with Crippen LogP contribution < -0.4 is 9.88 Å². The van der Waals surface area contributed by atoms with E-state index in [2.05, 4.69) is 15.9 Å². The summed E-state index contributed by atoms with van der Waals surface area (Å²) in [6, 6.07) is 5.79. The largest absolute Gasteiger partial charge is 0.493 e. The van der Waals surface area contributed by atoms with E-state index in [-0.39, 0.29) is 11.2 Å². The molecule has 1 aliphatic rings. The number of primary sulfonamides is 1. The minimum atomic E-state index is -3.49. The molecule has 118 valence electrons. The van der Waals surface area contributed by atoms with Gasteiger partial charge in [-0.25, -0.2) is 13.6 Å². The molecule has 0 heterocycles. The van der Waals surface area contributed by atoms with Crippen LogP contribution in [0.4, 0.5) is 0 Å². The monoisotopic (exact) mass is 375 g/mol. The van der Waals surface area contributed by atoms with Gasteiger partial charge in [-0.1, -0.05) is 35.2 Å². The number of hydrogen-bond donors (Lipinski definition) is 1. The highest BCUT2D eigenvalue weighted by molar-refractivity contribution is 9.10. The molecule has 1 aromatic carbocycles. The molecule has 0 radical (unpaired) electrons. The van der Waals surface area contributed by atoms with Gasteiger partial charge in [-0.3, -0.25) is 0 Å². The van der Waals surface area contributed by atoms with Crippen molar-refractivity contribution in [3.8, 4) is 5.75 Å². The summed E-state index contributed by atoms with van der Waals surface area (Å²) in [6.45, 7) is 2.40. The van der Waals surface area contributed by atoms with Gasteiger partial charge in [-0.2, -0.15) is 0 Å². The van der Waals surface area contributed by atoms with Crippen LogP contribution in [0.3, 0.4) is 0 Å². The second kappa shape index (κ2) is 6.67. The Bertz CT molecular complexity index is 595. The maximum Gasteiger partial charge on any atom is 0.209 e. The van der Waals surface area contributed by atoms with E-state index in [0.717, 1.165) is 47.9 Å². The molecule has 0 spiro atoms. The highest BCUT2D eigenvalue weighted by Gasteiger charge is 2.36. The molecule has 21 heavy (non-hydrogen) atoms. The second-order valence-corrected chi connectivity index (χ2v) is 8.54. The molecule has 2 rings (SSSR count). The Morgan fingerprint density at radius 1 is 1.29 bits per heavy atom. The van der Waals surface area contributed by atoms with Crippen molar-refractivity contribution in [2.24, 2.45) is 10.6 Å². The molecule has 1 fully saturated rings. The Balaban J connectivity index is 2.10. The van der Waals surface area contributed by atoms with Crippen LogP contribution >= 0.6 is 15.9 Å². The number of rotatable bonds is 5. The average Bonchev–Trinajstić information content (AvgIpc) is 2.39. The van der Waals surface area contributed by atoms with E-state index in [4.69, 9.17) is 9.88 Å². The van der Waals surface area contributed by atoms with Crippen molar-refractivity contribution < 1.29 is 13.2 Å². The molecule has 4 nitrogen and oxygen atoms in total. The number of ether oxygens (including phenoxy) is 1. The summed E-state index contributed by atoms with van der Waals surface area (Å²) < 4.78 is 30.0. The molecular formula is C15H22BrNO3S. The van der Waals surface area contributed by atoms with E-state index in [1.54, 1.807) is 0 Å². The zero-order chi connectivity index (χ0) is 15.5. The van der Waals surface area contributed by atoms with E-state index >= 15 is 0 Å². The Kier molecular flexibility index (Phi) is 5.33. The van der Waals surface area contributed by atoms with Crippen molar-refractivity contribution in [1.82, 2.24) is 0 Å². The van der Waals surface area contributed by atoms with Gasteiger partial charge in [-0.05, 0) is 43.5 Å². The van der Waals surface area contributed by atoms with E-state index in [1.165, 1.54) is 0 Å². The fourth-order valence-electron chi connectivity index (χ4n) is 3.00. The predicted octanol–water partition coefficient (Wildman–Crippen LogP) is 3.38. The van der Waals surface area contributed by atoms with Gasteiger partial charge in [0, 0.05) is 9.89 Å². The van der Waals surface area contributed by atoms with Crippen molar-refractivity contribution in [2.45, 2.75) is 39.0 Å². The van der Waals surface area contributed by atoms with Crippen LogP contribution in [0.25, 0.3) is 0 Å². The summed E-state index contributed by atoms with van der Waals surface area (Å²) in [7, 11) is -3.49. The van der Waals surface area contributed by atoms with Crippen LogP contribution in [0.2, 0.25) is 0 Å². The molecule has 0 aliphatic heterocycles. The number of nitrogens with two attached hydrogens (primary N) is 1. The van der Waals surface area contributed by atoms with Crippen molar-refractivity contribution >= 4 is 26.0 Å². The van der Waals surface area contributed by atoms with E-state index < -0.39 is 10.0 Å². The summed E-state index contributed by atoms with van der Waals surface area (Å²) in [6.07, 6.45) is 4.96. The minimum absolute atomic E-state index is 0.00943. The smallest absolute Gasteiger partial charge is 0.209 e. The van der Waals surface area contributed by atoms with Crippen LogP contribution in [0.5, 0.6) is 5.75 Å². The fourth-order valence-corrected chi connectivity index (χ4v) is 4.47. The first-order valence-electron chi connectivity index (χ1n) is 7.19. The third-order valence-corrected chi connectivity index (χ3v) is 6.00. The lowest BCUT2D eigenvalue weighted by molar-refractivity contribution is 0.118. The third-order valence-electron chi connectivity index (χ3n) is 4.10. The van der Waals surface area contributed by atoms with Gasteiger partial charge in [0.15, 0.2) is 0 Å². The lowest BCUT2D eigenvalue weighted by Gasteiger charge is -2.36. The summed E-state index contributed by atoms with van der Waals surface area (Å²) in [4.78, 5) is 0. The third kappa shape index (κ3) is 4.97. The molecule has 1 aliphatic carbocycles. The minimum Gasteiger partial charge on any atom is -0.493 e. The highest BCUT2D eigenvalue weighted by Crippen LogP contribution is 2.38. The van der Waals surface area contributed by atoms with Crippen LogP contribution in [0.15, 0.2) is 22.7 Å². The van der Waals surface area contributed by atoms with Crippen LogP contribution in [0, 0.1) is 12.3 Å². The topological polar surface area (TPSA) is 69.4 Å². The first kappa shape index (κ1) is 16.8. The average molecular weight is 376 g/mol. The van der Waals surface area contributed by atoms with Gasteiger partial charge >= 0.3 is 0 Å². The van der Waals surface area contributed by atoms with Gasteiger partial charge < -0.3 is 4.74 Å². The van der Waals surface area contributed by atoms with Gasteiger partial charge in [0.1, 0.15) is 5.75 Å². The second-order valence-electron chi connectivity index (χ2n) is 6.07. The van der Waals surface area contributed by atoms with E-state index in [1.807, 2.05) is 25.1 Å². The molecule has 0 amide bonds. The standard InChI is InChI=1S/C15H22BrNO3S/c1-12-9-13(5-6-14(12)16)20-10-15(11-21(17,18)19)7-3-2-4-8-15/h5-6,9H,2-4,7-8,10-11H2,1H3,(H2,17,18,19). The van der Waals surface area contributed by atoms with Crippen molar-refractivity contribution in [3.63, 3.8) is 0 Å². The van der Waals surface area contributed by atoms with Crippen LogP contribution in [-0.2, 0) is 10.0 Å². The summed E-state index contributed by atoms with van der Waals surface area (Å²) in [5.41, 5.74) is 0.754. The first-order valence-corrected chi connectivity index (χ1v) is 9.70. The normalized spacial score (nSPS) is 18.4. The predicted molar refractivity (Wildman–Crippen MR) is 87.9 cm³/mol. The zero-order valence-corrected chi connectivity index (χ0v) is 14.7. The van der Waals surface area contributed by atoms with Gasteiger partial charge in [0.05, 0.1) is 12.4 Å². The lowest BCUT2D eigenvalue weighted by atomic mass is 9.76. The maximum absolute atomic E-state index is 11.5. The van der Waals surface area contributed by atoms with E-state index in [0.29, 0.717) is 6.61 Å². The highest BCUT2D eigenvalue weighted by atomic mass is 79.9.